The Morgan fingerprint density at radius 3 is 0.768 bits per heavy atom. The summed E-state index contributed by atoms with van der Waals surface area (Å²) in [7, 11) is -10.1. The maximum absolute atomic E-state index is 13.1. The van der Waals surface area contributed by atoms with Gasteiger partial charge in [0.25, 0.3) is 0 Å². The van der Waals surface area contributed by atoms with Crippen molar-refractivity contribution in [3.63, 3.8) is 0 Å². The molecule has 0 aliphatic heterocycles. The fourth-order valence-corrected chi connectivity index (χ4v) is 11.6. The van der Waals surface area contributed by atoms with Gasteiger partial charge in [0.05, 0.1) is 26.4 Å². The largest absolute Gasteiger partial charge is 0.472 e. The molecule has 5 atom stereocenters. The number of allylic oxidation sites excluding steroid dienone is 36. The van der Waals surface area contributed by atoms with Crippen LogP contribution >= 0.6 is 15.6 Å². The Kier molecular flexibility index (Phi) is 77.5. The summed E-state index contributed by atoms with van der Waals surface area (Å²) < 4.78 is 68.5. The molecule has 0 saturated heterocycles. The number of aliphatic hydroxyl groups excluding tert-OH is 1. The van der Waals surface area contributed by atoms with Gasteiger partial charge in [0.1, 0.15) is 19.3 Å². The molecule has 0 aliphatic carbocycles. The molecule has 17 nitrogen and oxygen atoms in total. The molecule has 3 N–H and O–H groups in total. The van der Waals surface area contributed by atoms with E-state index < -0.39 is 97.5 Å². The third-order valence-corrected chi connectivity index (χ3v) is 18.3. The van der Waals surface area contributed by atoms with Crippen molar-refractivity contribution >= 4 is 39.5 Å². The van der Waals surface area contributed by atoms with E-state index in [0.29, 0.717) is 44.9 Å². The highest BCUT2D eigenvalue weighted by molar-refractivity contribution is 7.47. The number of unbranched alkanes of at least 4 members (excludes halogenated alkanes) is 14. The fraction of sp³-hybridized carbons (Fsp3) is 0.570. The van der Waals surface area contributed by atoms with Gasteiger partial charge in [-0.15, -0.1) is 0 Å². The Morgan fingerprint density at radius 1 is 0.259 bits per heavy atom. The maximum atomic E-state index is 13.1. The molecule has 0 aromatic carbocycles. The van der Waals surface area contributed by atoms with Gasteiger partial charge in [-0.2, -0.15) is 0 Å². The zero-order valence-corrected chi connectivity index (χ0v) is 70.8. The number of carbonyl (C=O) groups is 4. The number of rotatable bonds is 76. The Hall–Kier alpha value is -6.62. The lowest BCUT2D eigenvalue weighted by molar-refractivity contribution is -0.161. The first kappa shape index (κ1) is 105. The van der Waals surface area contributed by atoms with E-state index in [1.54, 1.807) is 0 Å². The number of phosphoric ester groups is 2. The lowest BCUT2D eigenvalue weighted by Crippen LogP contribution is -2.30. The van der Waals surface area contributed by atoms with Gasteiger partial charge in [-0.3, -0.25) is 37.3 Å². The SMILES string of the molecule is CC/C=C\C/C=C\C/C=C\C/C=C\C/C=C\C/C=C\CCC(=O)OC[C@H](COP(=O)(O)OC[C@@H](O)COP(=O)(O)OC[C@@H](COC(=O)CCCCCCC/C=C\C/C=C\CCCCC)OC(=O)CC/C=C\C/C=C\C/C=C\C/C=C\C/C=C\CCCCC)OC(=O)CC/C=C\C/C=C\C/C=C\C/C=C\C/C=C\CCCCC. The summed E-state index contributed by atoms with van der Waals surface area (Å²) in [5, 5.41) is 10.7. The van der Waals surface area contributed by atoms with Crippen molar-refractivity contribution in [3.05, 3.63) is 219 Å². The van der Waals surface area contributed by atoms with Crippen molar-refractivity contribution in [2.24, 2.45) is 0 Å². The minimum absolute atomic E-state index is 0.00909. The van der Waals surface area contributed by atoms with Crippen LogP contribution in [0.3, 0.4) is 0 Å². The van der Waals surface area contributed by atoms with Crippen LogP contribution in [0.2, 0.25) is 0 Å². The Balaban J connectivity index is 5.63. The van der Waals surface area contributed by atoms with Crippen LogP contribution in [-0.2, 0) is 65.4 Å². The summed E-state index contributed by atoms with van der Waals surface area (Å²) in [6, 6.07) is 0. The number of phosphoric acid groups is 2. The van der Waals surface area contributed by atoms with Crippen LogP contribution in [0.5, 0.6) is 0 Å². The molecule has 0 aliphatic rings. The van der Waals surface area contributed by atoms with E-state index in [9.17, 15) is 43.2 Å². The molecule has 0 saturated carbocycles. The standard InChI is InChI=1S/C93H146O17P2/c1-5-9-13-17-21-25-29-33-37-40-43-46-50-54-58-62-66-70-74-78-91(96)104-84-89(110-93(98)80-76-72-68-64-60-56-52-48-45-42-39-35-31-27-23-19-15-11-7-3)86-108-112(101,102)106-82-87(94)81-105-111(99,100)107-85-88(83-103-90(95)77-73-69-65-61-57-53-49-36-32-28-24-20-16-12-8-4)109-92(97)79-75-71-67-63-59-55-51-47-44-41-38-34-30-26-22-18-14-10-6-2/h9,13,21-28,33-39,43-49,54-56,58-60,66-68,70-72,87-89,94H,5-8,10-12,14-20,29-32,40-42,50-53,57,61-65,69,73-86H2,1-4H3,(H,99,100)(H,101,102)/b13-9-,25-21-,26-22-,27-23-,28-24-,37-33-,38-34-,39-35-,46-43-,47-44-,48-45-,49-36-,58-54-,59-55-,60-56-,70-66-,71-67-,72-68-/t87-,88+,89+/m0/s1. The lowest BCUT2D eigenvalue weighted by Gasteiger charge is -2.21. The molecule has 19 heteroatoms. The van der Waals surface area contributed by atoms with Crippen molar-refractivity contribution in [1.82, 2.24) is 0 Å². The van der Waals surface area contributed by atoms with Crippen LogP contribution in [-0.4, -0.2) is 96.7 Å². The molecule has 0 fully saturated rings. The van der Waals surface area contributed by atoms with Gasteiger partial charge in [-0.05, 0) is 173 Å². The number of hydrogen-bond donors (Lipinski definition) is 3. The number of hydrogen-bond acceptors (Lipinski definition) is 15. The van der Waals surface area contributed by atoms with E-state index >= 15 is 0 Å². The van der Waals surface area contributed by atoms with Crippen LogP contribution in [0.1, 0.15) is 285 Å². The summed E-state index contributed by atoms with van der Waals surface area (Å²) in [6.45, 7) is 4.38. The molecule has 0 bridgehead atoms. The zero-order chi connectivity index (χ0) is 81.7. The van der Waals surface area contributed by atoms with Crippen molar-refractivity contribution < 1.29 is 80.2 Å². The van der Waals surface area contributed by atoms with Crippen LogP contribution < -0.4 is 0 Å². The molecule has 0 radical (unpaired) electrons. The first-order chi connectivity index (χ1) is 54.7. The van der Waals surface area contributed by atoms with E-state index in [0.717, 1.165) is 128 Å². The van der Waals surface area contributed by atoms with Crippen LogP contribution in [0.15, 0.2) is 219 Å². The van der Waals surface area contributed by atoms with Gasteiger partial charge < -0.3 is 33.8 Å². The second-order valence-electron chi connectivity index (χ2n) is 27.0. The van der Waals surface area contributed by atoms with E-state index in [1.165, 1.54) is 57.8 Å². The minimum atomic E-state index is -5.04. The number of esters is 4. The Labute approximate surface area is 677 Å². The molecule has 0 heterocycles. The third kappa shape index (κ3) is 81.4. The summed E-state index contributed by atoms with van der Waals surface area (Å²) in [5.74, 6) is -2.51. The molecule has 0 spiro atoms. The molecule has 0 amide bonds. The van der Waals surface area contributed by atoms with E-state index in [1.807, 2.05) is 54.7 Å². The molecular formula is C93H146O17P2. The Bertz CT molecular complexity index is 2990. The third-order valence-electron chi connectivity index (χ3n) is 16.4. The average Bonchev–Trinajstić information content (AvgIpc) is 0.908. The highest BCUT2D eigenvalue weighted by Gasteiger charge is 2.30. The van der Waals surface area contributed by atoms with Crippen LogP contribution in [0.4, 0.5) is 0 Å². The molecule has 112 heavy (non-hydrogen) atoms. The van der Waals surface area contributed by atoms with Crippen molar-refractivity contribution in [1.29, 1.82) is 0 Å². The van der Waals surface area contributed by atoms with Gasteiger partial charge in [0.2, 0.25) is 0 Å². The van der Waals surface area contributed by atoms with Crippen molar-refractivity contribution in [2.75, 3.05) is 39.6 Å². The minimum Gasteiger partial charge on any atom is -0.462 e. The van der Waals surface area contributed by atoms with Gasteiger partial charge in [-0.1, -0.05) is 304 Å². The van der Waals surface area contributed by atoms with Crippen molar-refractivity contribution in [2.45, 2.75) is 303 Å². The van der Waals surface area contributed by atoms with Gasteiger partial charge >= 0.3 is 39.5 Å². The lowest BCUT2D eigenvalue weighted by atomic mass is 10.1. The smallest absolute Gasteiger partial charge is 0.462 e. The van der Waals surface area contributed by atoms with Crippen molar-refractivity contribution in [3.8, 4) is 0 Å². The van der Waals surface area contributed by atoms with Crippen LogP contribution in [0.25, 0.3) is 0 Å². The molecular weight excluding hydrogens is 1450 g/mol. The molecule has 630 valence electrons. The number of ether oxygens (including phenoxy) is 4. The molecule has 2 unspecified atom stereocenters. The first-order valence-corrected chi connectivity index (χ1v) is 45.0. The summed E-state index contributed by atoms with van der Waals surface area (Å²) in [5.41, 5.74) is 0. The number of aliphatic hydroxyl groups is 1. The maximum Gasteiger partial charge on any atom is 0.472 e. The van der Waals surface area contributed by atoms with Gasteiger partial charge in [0, 0.05) is 25.7 Å². The quantitative estimate of drug-likeness (QED) is 0.0169. The highest BCUT2D eigenvalue weighted by atomic mass is 31.2. The van der Waals surface area contributed by atoms with E-state index in [4.69, 9.17) is 37.0 Å². The molecule has 0 aromatic rings. The van der Waals surface area contributed by atoms with Gasteiger partial charge in [-0.25, -0.2) is 9.13 Å². The molecule has 0 aromatic heterocycles. The van der Waals surface area contributed by atoms with Gasteiger partial charge in [0.15, 0.2) is 12.2 Å². The Morgan fingerprint density at radius 2 is 0.482 bits per heavy atom. The second-order valence-corrected chi connectivity index (χ2v) is 29.9. The topological polar surface area (TPSA) is 237 Å². The molecule has 0 rings (SSSR count). The van der Waals surface area contributed by atoms with E-state index in [-0.39, 0.29) is 25.7 Å². The monoisotopic (exact) mass is 1600 g/mol. The number of carbonyl (C=O) groups excluding carboxylic acids is 4. The predicted octanol–water partition coefficient (Wildman–Crippen LogP) is 25.2. The second kappa shape index (κ2) is 82.4. The summed E-state index contributed by atoms with van der Waals surface area (Å²) in [6.07, 6.45) is 105. The summed E-state index contributed by atoms with van der Waals surface area (Å²) >= 11 is 0. The fourth-order valence-electron chi connectivity index (χ4n) is 10.1. The first-order valence-electron chi connectivity index (χ1n) is 42.0. The predicted molar refractivity (Wildman–Crippen MR) is 463 cm³/mol. The average molecular weight is 1600 g/mol. The zero-order valence-electron chi connectivity index (χ0n) is 69.0. The van der Waals surface area contributed by atoms with E-state index in [2.05, 4.69) is 192 Å². The highest BCUT2D eigenvalue weighted by Crippen LogP contribution is 2.45. The van der Waals surface area contributed by atoms with Crippen LogP contribution in [0, 0.1) is 0 Å². The summed E-state index contributed by atoms with van der Waals surface area (Å²) in [4.78, 5) is 73.1. The normalized spacial score (nSPS) is 14.9.